The number of amides is 1. The van der Waals surface area contributed by atoms with Crippen molar-refractivity contribution in [3.05, 3.63) is 91.5 Å². The van der Waals surface area contributed by atoms with Gasteiger partial charge in [-0.15, -0.1) is 11.3 Å². The summed E-state index contributed by atoms with van der Waals surface area (Å²) in [6.45, 7) is 2.88. The summed E-state index contributed by atoms with van der Waals surface area (Å²) in [5.74, 6) is -0.325. The van der Waals surface area contributed by atoms with Crippen LogP contribution in [-0.2, 0) is 13.6 Å². The van der Waals surface area contributed by atoms with Crippen molar-refractivity contribution in [1.29, 1.82) is 0 Å². The molecular formula is C26H26ClN3O4S. The number of carbonyl (C=O) groups is 1. The Morgan fingerprint density at radius 3 is 2.49 bits per heavy atom. The summed E-state index contributed by atoms with van der Waals surface area (Å²) in [5.41, 5.74) is 2.80. The van der Waals surface area contributed by atoms with Gasteiger partial charge in [-0.1, -0.05) is 23.7 Å². The predicted octanol–water partition coefficient (Wildman–Crippen LogP) is 4.69. The van der Waals surface area contributed by atoms with Crippen LogP contribution in [0, 0.1) is 6.92 Å². The first-order valence-corrected chi connectivity index (χ1v) is 12.2. The van der Waals surface area contributed by atoms with Crippen LogP contribution in [0.15, 0.2) is 59.5 Å². The van der Waals surface area contributed by atoms with Crippen LogP contribution in [0.25, 0.3) is 10.2 Å². The van der Waals surface area contributed by atoms with Gasteiger partial charge in [-0.25, -0.2) is 0 Å². The van der Waals surface area contributed by atoms with E-state index in [4.69, 9.17) is 11.6 Å². The molecule has 1 amide bonds. The van der Waals surface area contributed by atoms with Gasteiger partial charge in [0.25, 0.3) is 5.91 Å². The number of aliphatic hydroxyl groups excluding tert-OH is 1. The molecule has 0 spiro atoms. The van der Waals surface area contributed by atoms with E-state index < -0.39 is 12.0 Å². The van der Waals surface area contributed by atoms with Crippen LogP contribution < -0.4 is 10.7 Å². The minimum absolute atomic E-state index is 0.0684. The third-order valence-corrected chi connectivity index (χ3v) is 7.38. The third kappa shape index (κ3) is 5.41. The third-order valence-electron chi connectivity index (χ3n) is 5.86. The van der Waals surface area contributed by atoms with Gasteiger partial charge in [-0.3, -0.25) is 14.5 Å². The quantitative estimate of drug-likeness (QED) is 0.335. The van der Waals surface area contributed by atoms with Crippen LogP contribution >= 0.6 is 22.9 Å². The fraction of sp³-hybridized carbons (Fsp3) is 0.231. The number of pyridine rings is 1. The van der Waals surface area contributed by atoms with E-state index in [1.54, 1.807) is 54.7 Å². The lowest BCUT2D eigenvalue weighted by molar-refractivity contribution is 0.102. The number of likely N-dealkylation sites (N-methyl/N-ethyl adjacent to an activating group) is 1. The van der Waals surface area contributed by atoms with Crippen LogP contribution in [0.5, 0.6) is 5.75 Å². The minimum Gasteiger partial charge on any atom is -0.508 e. The van der Waals surface area contributed by atoms with Crippen molar-refractivity contribution in [2.24, 2.45) is 7.05 Å². The van der Waals surface area contributed by atoms with Gasteiger partial charge in [0.1, 0.15) is 11.3 Å². The van der Waals surface area contributed by atoms with E-state index in [9.17, 15) is 19.8 Å². The molecule has 4 rings (SSSR count). The number of rotatable bonds is 7. The number of aromatic hydroxyl groups is 1. The van der Waals surface area contributed by atoms with E-state index in [0.717, 1.165) is 16.0 Å². The van der Waals surface area contributed by atoms with E-state index >= 15 is 0 Å². The van der Waals surface area contributed by atoms with Gasteiger partial charge in [0.15, 0.2) is 0 Å². The first kappa shape index (κ1) is 24.9. The predicted molar refractivity (Wildman–Crippen MR) is 141 cm³/mol. The Kier molecular flexibility index (Phi) is 7.28. The number of carbonyl (C=O) groups excluding carboxylic acids is 1. The summed E-state index contributed by atoms with van der Waals surface area (Å²) in [6, 6.07) is 13.2. The first-order chi connectivity index (χ1) is 16.6. The summed E-state index contributed by atoms with van der Waals surface area (Å²) in [6.07, 6.45) is 0.849. The van der Waals surface area contributed by atoms with E-state index in [2.05, 4.69) is 5.32 Å². The van der Waals surface area contributed by atoms with Gasteiger partial charge in [0, 0.05) is 41.9 Å². The van der Waals surface area contributed by atoms with E-state index in [-0.39, 0.29) is 16.7 Å². The summed E-state index contributed by atoms with van der Waals surface area (Å²) < 4.78 is 2.34. The minimum atomic E-state index is -0.718. The Labute approximate surface area is 211 Å². The van der Waals surface area contributed by atoms with Crippen molar-refractivity contribution in [3.8, 4) is 5.75 Å². The molecule has 0 aliphatic carbocycles. The highest BCUT2D eigenvalue weighted by Gasteiger charge is 2.21. The van der Waals surface area contributed by atoms with Gasteiger partial charge >= 0.3 is 0 Å². The first-order valence-electron chi connectivity index (χ1n) is 11.0. The average molecular weight is 512 g/mol. The number of aryl methyl sites for hydroxylation is 2. The van der Waals surface area contributed by atoms with Crippen LogP contribution in [0.4, 0.5) is 5.69 Å². The molecule has 2 aromatic heterocycles. The Bertz CT molecular complexity index is 1430. The Morgan fingerprint density at radius 2 is 1.83 bits per heavy atom. The molecule has 0 aliphatic heterocycles. The molecule has 0 saturated heterocycles. The van der Waals surface area contributed by atoms with Crippen molar-refractivity contribution >= 4 is 44.7 Å². The molecule has 0 aliphatic rings. The number of hydrogen-bond acceptors (Lipinski definition) is 6. The lowest BCUT2D eigenvalue weighted by Gasteiger charge is -2.20. The molecule has 2 aromatic carbocycles. The number of anilines is 1. The van der Waals surface area contributed by atoms with Crippen LogP contribution in [-0.4, -0.2) is 39.2 Å². The second-order valence-corrected chi connectivity index (χ2v) is 10.1. The molecule has 35 heavy (non-hydrogen) atoms. The van der Waals surface area contributed by atoms with Crippen molar-refractivity contribution in [2.45, 2.75) is 19.6 Å². The van der Waals surface area contributed by atoms with Gasteiger partial charge in [0.05, 0.1) is 16.3 Å². The highest BCUT2D eigenvalue weighted by Crippen LogP contribution is 2.30. The summed E-state index contributed by atoms with van der Waals surface area (Å²) >= 11 is 7.27. The number of aromatic nitrogens is 1. The molecular weight excluding hydrogens is 486 g/mol. The molecule has 2 heterocycles. The zero-order valence-corrected chi connectivity index (χ0v) is 21.2. The average Bonchev–Trinajstić information content (AvgIpc) is 3.14. The summed E-state index contributed by atoms with van der Waals surface area (Å²) in [5, 5.41) is 23.3. The number of thiophene rings is 1. The number of nitrogens with one attached hydrogen (secondary N) is 1. The molecule has 1 atom stereocenters. The molecule has 0 fully saturated rings. The van der Waals surface area contributed by atoms with Crippen LogP contribution in [0.2, 0.25) is 5.02 Å². The second kappa shape index (κ2) is 10.2. The zero-order valence-electron chi connectivity index (χ0n) is 19.6. The van der Waals surface area contributed by atoms with Gasteiger partial charge < -0.3 is 20.1 Å². The Morgan fingerprint density at radius 1 is 1.17 bits per heavy atom. The topological polar surface area (TPSA) is 94.8 Å². The molecule has 9 heteroatoms. The number of benzene rings is 2. The number of fused-ring (bicyclic) bond motifs is 1. The molecule has 3 N–H and O–H groups in total. The lowest BCUT2D eigenvalue weighted by Crippen LogP contribution is -2.24. The van der Waals surface area contributed by atoms with Gasteiger partial charge in [-0.2, -0.15) is 0 Å². The van der Waals surface area contributed by atoms with Crippen LogP contribution in [0.1, 0.15) is 32.5 Å². The fourth-order valence-corrected chi connectivity index (χ4v) is 5.52. The Hall–Kier alpha value is -3.17. The van der Waals surface area contributed by atoms with Gasteiger partial charge in [-0.05, 0) is 61.5 Å². The maximum atomic E-state index is 13.2. The highest BCUT2D eigenvalue weighted by molar-refractivity contribution is 7.19. The number of hydrogen-bond donors (Lipinski definition) is 3. The molecule has 0 radical (unpaired) electrons. The molecule has 0 saturated carbocycles. The van der Waals surface area contributed by atoms with E-state index in [1.807, 2.05) is 30.5 Å². The molecule has 0 bridgehead atoms. The van der Waals surface area contributed by atoms with Crippen LogP contribution in [0.3, 0.4) is 0 Å². The normalized spacial score (nSPS) is 12.3. The summed E-state index contributed by atoms with van der Waals surface area (Å²) in [7, 11) is 3.72. The van der Waals surface area contributed by atoms with Gasteiger partial charge in [0.2, 0.25) is 5.43 Å². The molecule has 1 unspecified atom stereocenters. The SMILES string of the molecule is Cc1c(CN(C)CC(O)c2ccc(O)cc2)sc2c(=O)c(C(=O)Nc3ccc(Cl)cc3)cn(C)c12. The standard InChI is InChI=1S/C26H26ClN3O4S/c1-15-22(14-29(2)13-21(32)16-4-10-19(31)11-5-16)35-25-23(15)30(3)12-20(24(25)33)26(34)28-18-8-6-17(27)7-9-18/h4-12,21,31-32H,13-14H2,1-3H3,(H,28,34). The molecule has 182 valence electrons. The maximum absolute atomic E-state index is 13.2. The summed E-state index contributed by atoms with van der Waals surface area (Å²) in [4.78, 5) is 29.1. The highest BCUT2D eigenvalue weighted by atomic mass is 35.5. The van der Waals surface area contributed by atoms with E-state index in [0.29, 0.717) is 34.1 Å². The lowest BCUT2D eigenvalue weighted by atomic mass is 10.1. The van der Waals surface area contributed by atoms with Crippen molar-refractivity contribution < 1.29 is 15.0 Å². The van der Waals surface area contributed by atoms with E-state index in [1.165, 1.54) is 11.3 Å². The smallest absolute Gasteiger partial charge is 0.261 e. The maximum Gasteiger partial charge on any atom is 0.261 e. The second-order valence-electron chi connectivity index (χ2n) is 8.58. The van der Waals surface area contributed by atoms with Crippen molar-refractivity contribution in [2.75, 3.05) is 18.9 Å². The number of phenolic OH excluding ortho intramolecular Hbond substituents is 1. The fourth-order valence-electron chi connectivity index (χ4n) is 4.02. The molecule has 4 aromatic rings. The van der Waals surface area contributed by atoms with Crippen molar-refractivity contribution in [1.82, 2.24) is 9.47 Å². The largest absolute Gasteiger partial charge is 0.508 e. The zero-order chi connectivity index (χ0) is 25.3. The van der Waals surface area contributed by atoms with Crippen molar-refractivity contribution in [3.63, 3.8) is 0 Å². The number of nitrogens with zero attached hydrogens (tertiary/aromatic N) is 2. The Balaban J connectivity index is 1.56. The number of phenols is 1. The number of aliphatic hydroxyl groups is 1. The number of halogens is 1. The molecule has 7 nitrogen and oxygen atoms in total. The monoisotopic (exact) mass is 511 g/mol.